The summed E-state index contributed by atoms with van der Waals surface area (Å²) in [6, 6.07) is 1.53. The molecule has 0 saturated carbocycles. The first kappa shape index (κ1) is 23.2. The molecule has 0 unspecified atom stereocenters. The normalized spacial score (nSPS) is 12.0. The Kier molecular flexibility index (Phi) is 20.4. The van der Waals surface area contributed by atoms with Gasteiger partial charge in [-0.15, -0.1) is 0 Å². The summed E-state index contributed by atoms with van der Waals surface area (Å²) in [6.45, 7) is 5.83. The van der Waals surface area contributed by atoms with E-state index < -0.39 is 0 Å². The molecule has 23 heavy (non-hydrogen) atoms. The van der Waals surface area contributed by atoms with Gasteiger partial charge in [-0.1, -0.05) is 117 Å². The van der Waals surface area contributed by atoms with Crippen LogP contribution in [0.1, 0.15) is 117 Å². The van der Waals surface area contributed by atoms with Crippen LogP contribution in [0, 0.1) is 0 Å². The molecule has 0 aromatic heterocycles. The third kappa shape index (κ3) is 20.1. The zero-order valence-corrected chi connectivity index (χ0v) is 18.3. The Labute approximate surface area is 150 Å². The Morgan fingerprint density at radius 1 is 0.522 bits per heavy atom. The Hall–Kier alpha value is 0.177. The summed E-state index contributed by atoms with van der Waals surface area (Å²) in [7, 11) is 2.39. The van der Waals surface area contributed by atoms with Crippen molar-refractivity contribution in [1.82, 2.24) is 4.57 Å². The highest BCUT2D eigenvalue weighted by Gasteiger charge is 1.96. The van der Waals surface area contributed by atoms with E-state index in [4.69, 9.17) is 0 Å². The molecule has 0 atom stereocenters. The van der Waals surface area contributed by atoms with Crippen LogP contribution in [-0.4, -0.2) is 27.8 Å². The largest absolute Gasteiger partial charge is 0.332 e. The van der Waals surface area contributed by atoms with Crippen LogP contribution in [0.15, 0.2) is 0 Å². The number of unbranched alkanes of at least 4 members (excludes halogenated alkanes) is 15. The highest BCUT2D eigenvalue weighted by Crippen LogP contribution is 2.14. The number of rotatable bonds is 19. The number of nitrogens with zero attached hydrogens (tertiary/aromatic N) is 1. The molecule has 0 aromatic carbocycles. The fraction of sp³-hybridized carbons (Fsp3) is 1.00. The first-order valence-electron chi connectivity index (χ1n) is 11.0. The third-order valence-electron chi connectivity index (χ3n) is 5.18. The zero-order chi connectivity index (χ0) is 17.0. The van der Waals surface area contributed by atoms with Crippen LogP contribution in [0.5, 0.6) is 0 Å². The summed E-state index contributed by atoms with van der Waals surface area (Å²) < 4.78 is 2.56. The predicted octanol–water partition coefficient (Wildman–Crippen LogP) is 6.70. The van der Waals surface area contributed by atoms with E-state index in [0.29, 0.717) is 0 Å². The van der Waals surface area contributed by atoms with Crippen molar-refractivity contribution in [2.75, 3.05) is 13.6 Å². The maximum Gasteiger partial charge on any atom is 0.0946 e. The average molecular weight is 342 g/mol. The minimum absolute atomic E-state index is 0.104. The topological polar surface area (TPSA) is 3.24 Å². The lowest BCUT2D eigenvalue weighted by molar-refractivity contribution is 0.529. The van der Waals surface area contributed by atoms with Crippen molar-refractivity contribution in [3.8, 4) is 0 Å². The van der Waals surface area contributed by atoms with Gasteiger partial charge < -0.3 is 4.57 Å². The second kappa shape index (κ2) is 20.2. The summed E-state index contributed by atoms with van der Waals surface area (Å²) in [5.74, 6) is 0. The van der Waals surface area contributed by atoms with Gasteiger partial charge in [-0.25, -0.2) is 0 Å². The van der Waals surface area contributed by atoms with E-state index in [1.165, 1.54) is 115 Å². The van der Waals surface area contributed by atoms with Crippen LogP contribution >= 0.6 is 0 Å². The third-order valence-corrected chi connectivity index (χ3v) is 7.21. The van der Waals surface area contributed by atoms with Crippen molar-refractivity contribution < 1.29 is 0 Å². The van der Waals surface area contributed by atoms with Crippen molar-refractivity contribution in [1.29, 1.82) is 0 Å². The molecule has 2 heteroatoms. The molecule has 0 N–H and O–H groups in total. The van der Waals surface area contributed by atoms with E-state index in [9.17, 15) is 0 Å². The molecule has 0 heterocycles. The smallest absolute Gasteiger partial charge is 0.0946 e. The predicted molar refractivity (Wildman–Crippen MR) is 111 cm³/mol. The van der Waals surface area contributed by atoms with Crippen LogP contribution in [0.2, 0.25) is 6.04 Å². The van der Waals surface area contributed by atoms with E-state index in [-0.39, 0.29) is 9.68 Å². The van der Waals surface area contributed by atoms with E-state index in [0.717, 1.165) is 0 Å². The number of hydrogen-bond acceptors (Lipinski definition) is 1. The van der Waals surface area contributed by atoms with Crippen LogP contribution in [0.4, 0.5) is 0 Å². The lowest BCUT2D eigenvalue weighted by atomic mass is 10.0. The van der Waals surface area contributed by atoms with Gasteiger partial charge in [-0.2, -0.15) is 0 Å². The van der Waals surface area contributed by atoms with Gasteiger partial charge in [0.25, 0.3) is 0 Å². The molecule has 140 valence electrons. The van der Waals surface area contributed by atoms with Crippen LogP contribution in [-0.2, 0) is 0 Å². The van der Waals surface area contributed by atoms with Gasteiger partial charge in [-0.3, -0.25) is 0 Å². The standard InChI is InChI=1S/C21H47NSi/c1-4-6-7-8-9-10-11-12-13-14-15-16-17-18-19-20-21-23-22(3)5-2/h4-21,23H2,1-3H3. The molecular weight excluding hydrogens is 294 g/mol. The fourth-order valence-corrected chi connectivity index (χ4v) is 4.70. The lowest BCUT2D eigenvalue weighted by Gasteiger charge is -2.12. The van der Waals surface area contributed by atoms with Crippen molar-refractivity contribution >= 4 is 9.68 Å². The van der Waals surface area contributed by atoms with Crippen molar-refractivity contribution in [2.45, 2.75) is 123 Å². The van der Waals surface area contributed by atoms with Gasteiger partial charge in [0.05, 0.1) is 9.68 Å². The Morgan fingerprint density at radius 2 is 0.870 bits per heavy atom. The van der Waals surface area contributed by atoms with Crippen molar-refractivity contribution in [2.24, 2.45) is 0 Å². The molecular formula is C21H47NSi. The van der Waals surface area contributed by atoms with E-state index in [1.54, 1.807) is 0 Å². The monoisotopic (exact) mass is 341 g/mol. The molecule has 0 aliphatic carbocycles. The zero-order valence-electron chi connectivity index (χ0n) is 16.9. The maximum atomic E-state index is 2.56. The average Bonchev–Trinajstić information content (AvgIpc) is 2.57. The van der Waals surface area contributed by atoms with Gasteiger partial charge >= 0.3 is 0 Å². The molecule has 0 bridgehead atoms. The quantitative estimate of drug-likeness (QED) is 0.186. The van der Waals surface area contributed by atoms with E-state index in [1.807, 2.05) is 0 Å². The summed E-state index contributed by atoms with van der Waals surface area (Å²) in [5.41, 5.74) is 0. The summed E-state index contributed by atoms with van der Waals surface area (Å²) >= 11 is 0. The van der Waals surface area contributed by atoms with E-state index in [2.05, 4.69) is 25.5 Å². The minimum Gasteiger partial charge on any atom is -0.332 e. The molecule has 0 radical (unpaired) electrons. The van der Waals surface area contributed by atoms with Crippen LogP contribution in [0.3, 0.4) is 0 Å². The second-order valence-corrected chi connectivity index (χ2v) is 9.79. The fourth-order valence-electron chi connectivity index (χ4n) is 3.26. The van der Waals surface area contributed by atoms with Gasteiger partial charge in [0.1, 0.15) is 0 Å². The SMILES string of the molecule is CCCCCCCCCCCCCCCCCC[SiH2]N(C)CC. The van der Waals surface area contributed by atoms with Crippen LogP contribution < -0.4 is 0 Å². The Bertz CT molecular complexity index is 208. The number of hydrogen-bond donors (Lipinski definition) is 0. The van der Waals surface area contributed by atoms with Gasteiger partial charge in [0.15, 0.2) is 0 Å². The Balaban J connectivity index is 2.97. The minimum atomic E-state index is 0.104. The van der Waals surface area contributed by atoms with Crippen molar-refractivity contribution in [3.63, 3.8) is 0 Å². The van der Waals surface area contributed by atoms with Crippen molar-refractivity contribution in [3.05, 3.63) is 0 Å². The molecule has 0 spiro atoms. The molecule has 0 aliphatic rings. The first-order valence-corrected chi connectivity index (χ1v) is 12.6. The lowest BCUT2D eigenvalue weighted by Crippen LogP contribution is -2.21. The first-order chi connectivity index (χ1) is 11.3. The van der Waals surface area contributed by atoms with E-state index >= 15 is 0 Å². The maximum absolute atomic E-state index is 2.56. The molecule has 0 saturated heterocycles. The Morgan fingerprint density at radius 3 is 1.22 bits per heavy atom. The summed E-state index contributed by atoms with van der Waals surface area (Å²) in [5, 5.41) is 0. The molecule has 0 aliphatic heterocycles. The molecule has 1 nitrogen and oxygen atoms in total. The molecule has 0 fully saturated rings. The van der Waals surface area contributed by atoms with Crippen LogP contribution in [0.25, 0.3) is 0 Å². The molecule has 0 rings (SSSR count). The molecule has 0 aromatic rings. The highest BCUT2D eigenvalue weighted by molar-refractivity contribution is 6.31. The van der Waals surface area contributed by atoms with Gasteiger partial charge in [-0.05, 0) is 19.6 Å². The van der Waals surface area contributed by atoms with Gasteiger partial charge in [0, 0.05) is 0 Å². The second-order valence-electron chi connectivity index (χ2n) is 7.55. The highest BCUT2D eigenvalue weighted by atomic mass is 28.2. The molecule has 0 amide bonds. The summed E-state index contributed by atoms with van der Waals surface area (Å²) in [6.07, 6.45) is 23.6. The summed E-state index contributed by atoms with van der Waals surface area (Å²) in [4.78, 5) is 0. The van der Waals surface area contributed by atoms with Gasteiger partial charge in [0.2, 0.25) is 0 Å².